The van der Waals surface area contributed by atoms with Gasteiger partial charge in [-0.05, 0) is 43.2 Å². The third-order valence-electron chi connectivity index (χ3n) is 7.56. The number of rotatable bonds is 8. The van der Waals surface area contributed by atoms with Gasteiger partial charge in [0, 0.05) is 26.1 Å². The largest absolute Gasteiger partial charge is 0.391 e. The van der Waals surface area contributed by atoms with E-state index in [0.717, 1.165) is 24.0 Å². The number of nitrogens with one attached hydrogen (secondary N) is 2. The molecule has 0 aromatic heterocycles. The standard InChI is InChI=1S/C26H40N4O4/c1-16-9-7-8-12-20(16)21(27)14-23(32)30-15-19(18-10-5-4-6-11-18)13-22(30)25(33)29-24(17(2)31)26(34)28-3/h7-9,12,17-19,21-22,24,31H,4-6,10-11,13-15,27H2,1-3H3,(H,28,34)(H,29,33)/t17?,19?,21-,22-,24-/m0/s1. The average molecular weight is 473 g/mol. The Labute approximate surface area is 202 Å². The molecule has 1 aliphatic heterocycles. The van der Waals surface area contributed by atoms with Crippen LogP contribution in [0.25, 0.3) is 0 Å². The van der Waals surface area contributed by atoms with Crippen molar-refractivity contribution in [3.05, 3.63) is 35.4 Å². The van der Waals surface area contributed by atoms with Crippen LogP contribution < -0.4 is 16.4 Å². The number of amides is 3. The summed E-state index contributed by atoms with van der Waals surface area (Å²) in [4.78, 5) is 40.6. The second kappa shape index (κ2) is 11.8. The van der Waals surface area contributed by atoms with Gasteiger partial charge in [0.2, 0.25) is 17.7 Å². The van der Waals surface area contributed by atoms with Crippen LogP contribution >= 0.6 is 0 Å². The van der Waals surface area contributed by atoms with E-state index in [9.17, 15) is 19.5 Å². The Morgan fingerprint density at radius 3 is 2.44 bits per heavy atom. The molecule has 5 N–H and O–H groups in total. The molecule has 8 nitrogen and oxygen atoms in total. The molecule has 0 spiro atoms. The van der Waals surface area contributed by atoms with Crippen LogP contribution in [-0.2, 0) is 14.4 Å². The molecule has 8 heteroatoms. The van der Waals surface area contributed by atoms with Crippen molar-refractivity contribution in [2.45, 2.75) is 83.0 Å². The number of carbonyl (C=O) groups excluding carboxylic acids is 3. The SMILES string of the molecule is CNC(=O)[C@@H](NC(=O)[C@@H]1CC(C2CCCCC2)CN1C(=O)C[C@H](N)c1ccccc1C)C(C)O. The fraction of sp³-hybridized carbons (Fsp3) is 0.654. The highest BCUT2D eigenvalue weighted by Gasteiger charge is 2.43. The number of benzene rings is 1. The van der Waals surface area contributed by atoms with Gasteiger partial charge in [-0.2, -0.15) is 0 Å². The number of aliphatic hydroxyl groups is 1. The van der Waals surface area contributed by atoms with Crippen LogP contribution in [0.1, 0.15) is 69.0 Å². The third-order valence-corrected chi connectivity index (χ3v) is 7.56. The van der Waals surface area contributed by atoms with Gasteiger partial charge < -0.3 is 26.4 Å². The van der Waals surface area contributed by atoms with Crippen molar-refractivity contribution in [1.29, 1.82) is 0 Å². The predicted octanol–water partition coefficient (Wildman–Crippen LogP) is 1.79. The highest BCUT2D eigenvalue weighted by molar-refractivity contribution is 5.92. The molecule has 1 aromatic rings. The maximum atomic E-state index is 13.4. The number of likely N-dealkylation sites (tertiary alicyclic amines) is 1. The number of carbonyl (C=O) groups is 3. The lowest BCUT2D eigenvalue weighted by atomic mass is 9.79. The molecule has 2 aliphatic rings. The van der Waals surface area contributed by atoms with Crippen LogP contribution in [0.15, 0.2) is 24.3 Å². The Balaban J connectivity index is 1.77. The molecule has 2 unspecified atom stereocenters. The molecule has 0 bridgehead atoms. The molecule has 1 heterocycles. The summed E-state index contributed by atoms with van der Waals surface area (Å²) in [6.45, 7) is 3.96. The van der Waals surface area contributed by atoms with E-state index in [-0.39, 0.29) is 18.2 Å². The fourth-order valence-electron chi connectivity index (χ4n) is 5.57. The van der Waals surface area contributed by atoms with Gasteiger partial charge in [0.25, 0.3) is 0 Å². The van der Waals surface area contributed by atoms with Crippen LogP contribution in [0.3, 0.4) is 0 Å². The second-order valence-corrected chi connectivity index (χ2v) is 9.96. The summed E-state index contributed by atoms with van der Waals surface area (Å²) in [5, 5.41) is 15.2. The first-order chi connectivity index (χ1) is 16.2. The number of nitrogens with zero attached hydrogens (tertiary/aromatic N) is 1. The van der Waals surface area contributed by atoms with E-state index >= 15 is 0 Å². The highest BCUT2D eigenvalue weighted by atomic mass is 16.3. The van der Waals surface area contributed by atoms with E-state index < -0.39 is 36.0 Å². The molecule has 0 radical (unpaired) electrons. The van der Waals surface area contributed by atoms with Gasteiger partial charge in [-0.1, -0.05) is 56.4 Å². The first-order valence-corrected chi connectivity index (χ1v) is 12.5. The minimum Gasteiger partial charge on any atom is -0.391 e. The lowest BCUT2D eigenvalue weighted by molar-refractivity contribution is -0.140. The highest BCUT2D eigenvalue weighted by Crippen LogP contribution is 2.38. The van der Waals surface area contributed by atoms with Gasteiger partial charge in [0.1, 0.15) is 12.1 Å². The molecule has 2 fully saturated rings. The molecular formula is C26H40N4O4. The lowest BCUT2D eigenvalue weighted by Crippen LogP contribution is -2.56. The average Bonchev–Trinajstić information content (AvgIpc) is 3.28. The number of nitrogens with two attached hydrogens (primary N) is 1. The molecule has 188 valence electrons. The van der Waals surface area contributed by atoms with Crippen LogP contribution in [-0.4, -0.2) is 59.5 Å². The van der Waals surface area contributed by atoms with Gasteiger partial charge >= 0.3 is 0 Å². The summed E-state index contributed by atoms with van der Waals surface area (Å²) in [6, 6.07) is 5.55. The van der Waals surface area contributed by atoms with Gasteiger partial charge in [0.05, 0.1) is 6.10 Å². The Morgan fingerprint density at radius 2 is 1.82 bits per heavy atom. The first kappa shape index (κ1) is 26.2. The van der Waals surface area contributed by atoms with E-state index in [0.29, 0.717) is 18.9 Å². The summed E-state index contributed by atoms with van der Waals surface area (Å²) in [5.41, 5.74) is 8.36. The minimum atomic E-state index is -1.07. The van der Waals surface area contributed by atoms with Gasteiger partial charge in [-0.15, -0.1) is 0 Å². The summed E-state index contributed by atoms with van der Waals surface area (Å²) in [5.74, 6) is -0.268. The van der Waals surface area contributed by atoms with Crippen molar-refractivity contribution in [1.82, 2.24) is 15.5 Å². The Kier molecular flexibility index (Phi) is 9.08. The molecular weight excluding hydrogens is 432 g/mol. The molecule has 1 saturated heterocycles. The number of aryl methyl sites for hydroxylation is 1. The lowest BCUT2D eigenvalue weighted by Gasteiger charge is -2.28. The van der Waals surface area contributed by atoms with Crippen molar-refractivity contribution in [2.24, 2.45) is 17.6 Å². The zero-order chi connectivity index (χ0) is 24.8. The van der Waals surface area contributed by atoms with Crippen LogP contribution in [0.2, 0.25) is 0 Å². The quantitative estimate of drug-likeness (QED) is 0.459. The summed E-state index contributed by atoms with van der Waals surface area (Å²) in [7, 11) is 1.46. The number of hydrogen-bond donors (Lipinski definition) is 4. The minimum absolute atomic E-state index is 0.112. The molecule has 34 heavy (non-hydrogen) atoms. The maximum Gasteiger partial charge on any atom is 0.245 e. The van der Waals surface area contributed by atoms with E-state index in [1.807, 2.05) is 31.2 Å². The van der Waals surface area contributed by atoms with E-state index in [1.165, 1.54) is 33.2 Å². The Hall–Kier alpha value is -2.45. The zero-order valence-electron chi connectivity index (χ0n) is 20.6. The summed E-state index contributed by atoms with van der Waals surface area (Å²) in [6.07, 6.45) is 5.48. The monoisotopic (exact) mass is 472 g/mol. The van der Waals surface area contributed by atoms with Crippen LogP contribution in [0.5, 0.6) is 0 Å². The topological polar surface area (TPSA) is 125 Å². The molecule has 5 atom stereocenters. The van der Waals surface area contributed by atoms with E-state index in [4.69, 9.17) is 5.73 Å². The maximum absolute atomic E-state index is 13.4. The van der Waals surface area contributed by atoms with Crippen molar-refractivity contribution in [2.75, 3.05) is 13.6 Å². The van der Waals surface area contributed by atoms with E-state index in [2.05, 4.69) is 10.6 Å². The van der Waals surface area contributed by atoms with Crippen molar-refractivity contribution in [3.8, 4) is 0 Å². The number of likely N-dealkylation sites (N-methyl/N-ethyl adjacent to an activating group) is 1. The Bertz CT molecular complexity index is 868. The van der Waals surface area contributed by atoms with Gasteiger partial charge in [-0.25, -0.2) is 0 Å². The molecule has 3 amide bonds. The summed E-state index contributed by atoms with van der Waals surface area (Å²) < 4.78 is 0. The van der Waals surface area contributed by atoms with E-state index in [1.54, 1.807) is 4.90 Å². The van der Waals surface area contributed by atoms with Gasteiger partial charge in [0.15, 0.2) is 0 Å². The first-order valence-electron chi connectivity index (χ1n) is 12.5. The van der Waals surface area contributed by atoms with Crippen molar-refractivity contribution in [3.63, 3.8) is 0 Å². The van der Waals surface area contributed by atoms with Crippen LogP contribution in [0.4, 0.5) is 0 Å². The molecule has 1 aliphatic carbocycles. The zero-order valence-corrected chi connectivity index (χ0v) is 20.6. The van der Waals surface area contributed by atoms with Crippen molar-refractivity contribution < 1.29 is 19.5 Å². The molecule has 1 aromatic carbocycles. The van der Waals surface area contributed by atoms with Crippen LogP contribution in [0, 0.1) is 18.8 Å². The number of aliphatic hydroxyl groups excluding tert-OH is 1. The normalized spacial score (nSPS) is 23.7. The second-order valence-electron chi connectivity index (χ2n) is 9.96. The molecule has 3 rings (SSSR count). The van der Waals surface area contributed by atoms with Crippen molar-refractivity contribution >= 4 is 17.7 Å². The predicted molar refractivity (Wildman–Crippen MR) is 131 cm³/mol. The molecule has 1 saturated carbocycles. The summed E-state index contributed by atoms with van der Waals surface area (Å²) >= 11 is 0. The smallest absolute Gasteiger partial charge is 0.245 e. The fourth-order valence-corrected chi connectivity index (χ4v) is 5.57. The Morgan fingerprint density at radius 1 is 1.15 bits per heavy atom. The third kappa shape index (κ3) is 6.16. The number of hydrogen-bond acceptors (Lipinski definition) is 5. The van der Waals surface area contributed by atoms with Gasteiger partial charge in [-0.3, -0.25) is 14.4 Å².